The Hall–Kier alpha value is -2.75. The summed E-state index contributed by atoms with van der Waals surface area (Å²) in [4.78, 5) is 32.4. The number of hydrogen-bond donors (Lipinski definition) is 2. The van der Waals surface area contributed by atoms with E-state index >= 15 is 0 Å². The van der Waals surface area contributed by atoms with Crippen molar-refractivity contribution in [1.82, 2.24) is 25.0 Å². The third kappa shape index (κ3) is 5.49. The van der Waals surface area contributed by atoms with Gasteiger partial charge in [-0.25, -0.2) is 4.98 Å². The van der Waals surface area contributed by atoms with Gasteiger partial charge in [0.2, 0.25) is 5.91 Å². The van der Waals surface area contributed by atoms with Crippen LogP contribution in [-0.2, 0) is 24.2 Å². The zero-order valence-electron chi connectivity index (χ0n) is 17.0. The highest BCUT2D eigenvalue weighted by Crippen LogP contribution is 2.22. The van der Waals surface area contributed by atoms with Crippen LogP contribution in [0.3, 0.4) is 0 Å². The minimum Gasteiger partial charge on any atom is -0.338 e. The van der Waals surface area contributed by atoms with Crippen molar-refractivity contribution in [3.05, 3.63) is 63.3 Å². The molecule has 2 aromatic heterocycles. The molecule has 1 aliphatic rings. The summed E-state index contributed by atoms with van der Waals surface area (Å²) in [5.41, 5.74) is 3.27. The van der Waals surface area contributed by atoms with Crippen molar-refractivity contribution in [2.75, 3.05) is 25.5 Å². The Morgan fingerprint density at radius 3 is 2.71 bits per heavy atom. The molecular formula is C21H23ClN6O2S. The lowest BCUT2D eigenvalue weighted by molar-refractivity contribution is -0.118. The maximum Gasteiger partial charge on any atom is 0.262 e. The van der Waals surface area contributed by atoms with E-state index in [0.29, 0.717) is 14.9 Å². The molecule has 1 aromatic carbocycles. The molecule has 0 saturated heterocycles. The molecule has 31 heavy (non-hydrogen) atoms. The minimum absolute atomic E-state index is 0.159. The Morgan fingerprint density at radius 2 is 2.00 bits per heavy atom. The molecule has 1 aliphatic heterocycles. The Morgan fingerprint density at radius 1 is 1.19 bits per heavy atom. The van der Waals surface area contributed by atoms with Gasteiger partial charge in [-0.3, -0.25) is 14.3 Å². The molecule has 2 amide bonds. The Balaban J connectivity index is 1.49. The summed E-state index contributed by atoms with van der Waals surface area (Å²) >= 11 is 7.10. The van der Waals surface area contributed by atoms with Crippen LogP contribution < -0.4 is 10.6 Å². The van der Waals surface area contributed by atoms with Gasteiger partial charge in [-0.2, -0.15) is 5.10 Å². The van der Waals surface area contributed by atoms with Crippen molar-refractivity contribution < 1.29 is 9.59 Å². The normalized spacial score (nSPS) is 15.0. The number of rotatable bonds is 6. The van der Waals surface area contributed by atoms with Crippen LogP contribution in [0.5, 0.6) is 0 Å². The van der Waals surface area contributed by atoms with E-state index in [-0.39, 0.29) is 18.4 Å². The lowest BCUT2D eigenvalue weighted by Gasteiger charge is -2.18. The summed E-state index contributed by atoms with van der Waals surface area (Å²) in [6.07, 6.45) is 4.83. The summed E-state index contributed by atoms with van der Waals surface area (Å²) in [6, 6.07) is 8.47. The second-order valence-corrected chi connectivity index (χ2v) is 9.24. The number of amides is 2. The summed E-state index contributed by atoms with van der Waals surface area (Å²) in [5.74, 6) is -0.681. The van der Waals surface area contributed by atoms with Gasteiger partial charge in [0, 0.05) is 18.8 Å². The molecule has 1 atom stereocenters. The van der Waals surface area contributed by atoms with Crippen LogP contribution in [0, 0.1) is 0 Å². The van der Waals surface area contributed by atoms with Gasteiger partial charge in [-0.1, -0.05) is 17.7 Å². The van der Waals surface area contributed by atoms with Gasteiger partial charge < -0.3 is 15.5 Å². The monoisotopic (exact) mass is 458 g/mol. The molecule has 2 N–H and O–H groups in total. The van der Waals surface area contributed by atoms with Gasteiger partial charge in [0.25, 0.3) is 5.91 Å². The zero-order valence-corrected chi connectivity index (χ0v) is 18.6. The molecule has 10 heteroatoms. The number of aromatic nitrogens is 3. The highest BCUT2D eigenvalue weighted by Gasteiger charge is 2.24. The second kappa shape index (κ2) is 9.59. The Bertz CT molecular complexity index is 1070. The van der Waals surface area contributed by atoms with Crippen molar-refractivity contribution in [3.63, 3.8) is 0 Å². The van der Waals surface area contributed by atoms with E-state index in [1.54, 1.807) is 12.1 Å². The third-order valence-electron chi connectivity index (χ3n) is 5.25. The molecule has 8 nitrogen and oxygen atoms in total. The lowest BCUT2D eigenvalue weighted by Crippen LogP contribution is -2.46. The van der Waals surface area contributed by atoms with Gasteiger partial charge in [0.1, 0.15) is 18.7 Å². The molecule has 0 radical (unpaired) electrons. The quantitative estimate of drug-likeness (QED) is 0.592. The summed E-state index contributed by atoms with van der Waals surface area (Å²) < 4.78 is 2.02. The smallest absolute Gasteiger partial charge is 0.262 e. The number of anilines is 1. The third-order valence-corrected chi connectivity index (χ3v) is 6.48. The molecule has 4 rings (SSSR count). The average molecular weight is 459 g/mol. The highest BCUT2D eigenvalue weighted by atomic mass is 35.5. The molecule has 0 spiro atoms. The number of likely N-dealkylation sites (N-methyl/N-ethyl adjacent to an activating group) is 1. The number of halogens is 1. The molecule has 0 bridgehead atoms. The molecule has 3 heterocycles. The van der Waals surface area contributed by atoms with E-state index in [4.69, 9.17) is 11.6 Å². The van der Waals surface area contributed by atoms with Crippen LogP contribution in [0.4, 0.5) is 5.69 Å². The van der Waals surface area contributed by atoms with Crippen molar-refractivity contribution in [3.8, 4) is 0 Å². The van der Waals surface area contributed by atoms with Crippen LogP contribution in [0.2, 0.25) is 4.34 Å². The maximum absolute atomic E-state index is 13.1. The molecule has 0 aliphatic carbocycles. The van der Waals surface area contributed by atoms with Gasteiger partial charge >= 0.3 is 0 Å². The van der Waals surface area contributed by atoms with Crippen molar-refractivity contribution in [2.24, 2.45) is 0 Å². The molecule has 0 fully saturated rings. The van der Waals surface area contributed by atoms with Gasteiger partial charge in [0.15, 0.2) is 0 Å². The molecule has 1 unspecified atom stereocenters. The number of carbonyl (C=O) groups is 2. The first kappa shape index (κ1) is 21.5. The maximum atomic E-state index is 13.1. The van der Waals surface area contributed by atoms with Crippen molar-refractivity contribution in [1.29, 1.82) is 0 Å². The number of carbonyl (C=O) groups excluding carboxylic acids is 2. The number of thiophene rings is 1. The minimum atomic E-state index is -0.833. The topological polar surface area (TPSA) is 92.2 Å². The fourth-order valence-corrected chi connectivity index (χ4v) is 4.46. The molecule has 3 aromatic rings. The first-order chi connectivity index (χ1) is 15.0. The summed E-state index contributed by atoms with van der Waals surface area (Å²) in [7, 11) is 2.12. The summed E-state index contributed by atoms with van der Waals surface area (Å²) in [6.45, 7) is 2.17. The Kier molecular flexibility index (Phi) is 6.64. The van der Waals surface area contributed by atoms with Gasteiger partial charge in [-0.05, 0) is 55.3 Å². The second-order valence-electron chi connectivity index (χ2n) is 7.52. The van der Waals surface area contributed by atoms with E-state index in [2.05, 4.69) is 38.7 Å². The van der Waals surface area contributed by atoms with Crippen LogP contribution in [0.1, 0.15) is 20.8 Å². The number of nitrogens with zero attached hydrogens (tertiary/aromatic N) is 4. The number of fused-ring (bicyclic) bond motifs is 1. The average Bonchev–Trinajstić information content (AvgIpc) is 3.38. The zero-order chi connectivity index (χ0) is 21.8. The van der Waals surface area contributed by atoms with E-state index in [0.717, 1.165) is 37.3 Å². The van der Waals surface area contributed by atoms with E-state index < -0.39 is 6.04 Å². The van der Waals surface area contributed by atoms with Crippen LogP contribution in [-0.4, -0.2) is 57.7 Å². The van der Waals surface area contributed by atoms with Crippen LogP contribution in [0.15, 0.2) is 43.0 Å². The SMILES string of the molecule is CN1CCc2ccc(NC(=O)C(Cn3cncn3)NC(=O)c3ccc(Cl)s3)cc2CC1. The van der Waals surface area contributed by atoms with E-state index in [1.807, 2.05) is 12.1 Å². The number of benzene rings is 1. The van der Waals surface area contributed by atoms with Crippen LogP contribution in [0.25, 0.3) is 0 Å². The lowest BCUT2D eigenvalue weighted by atomic mass is 10.0. The van der Waals surface area contributed by atoms with Gasteiger partial charge in [0.05, 0.1) is 15.8 Å². The standard InChI is InChI=1S/C21H23ClN6O2S/c1-27-8-6-14-2-3-16(10-15(14)7-9-27)25-20(29)17(11-28-13-23-12-24-28)26-21(30)18-4-5-19(22)31-18/h2-5,10,12-13,17H,6-9,11H2,1H3,(H,25,29)(H,26,30). The van der Waals surface area contributed by atoms with Gasteiger partial charge in [-0.15, -0.1) is 11.3 Å². The molecular weight excluding hydrogens is 436 g/mol. The number of hydrogen-bond acceptors (Lipinski definition) is 6. The number of nitrogens with one attached hydrogen (secondary N) is 2. The predicted octanol–water partition coefficient (Wildman–Crippen LogP) is 2.46. The first-order valence-electron chi connectivity index (χ1n) is 9.98. The fraction of sp³-hybridized carbons (Fsp3) is 0.333. The van der Waals surface area contributed by atoms with E-state index in [1.165, 1.54) is 28.5 Å². The molecule has 162 valence electrons. The first-order valence-corrected chi connectivity index (χ1v) is 11.2. The van der Waals surface area contributed by atoms with E-state index in [9.17, 15) is 9.59 Å². The van der Waals surface area contributed by atoms with Crippen molar-refractivity contribution >= 4 is 40.4 Å². The predicted molar refractivity (Wildman–Crippen MR) is 121 cm³/mol. The summed E-state index contributed by atoms with van der Waals surface area (Å²) in [5, 5.41) is 9.79. The van der Waals surface area contributed by atoms with Crippen LogP contribution >= 0.6 is 22.9 Å². The highest BCUT2D eigenvalue weighted by molar-refractivity contribution is 7.18. The van der Waals surface area contributed by atoms with Crippen molar-refractivity contribution in [2.45, 2.75) is 25.4 Å². The Labute approximate surface area is 189 Å². The largest absolute Gasteiger partial charge is 0.338 e. The fourth-order valence-electron chi connectivity index (χ4n) is 3.52. The molecule has 0 saturated carbocycles.